The first kappa shape index (κ1) is 18.0. The number of carbonyl (C=O) groups is 2. The van der Waals surface area contributed by atoms with E-state index in [2.05, 4.69) is 27.7 Å². The number of hydrogen-bond acceptors (Lipinski definition) is 4. The predicted octanol–water partition coefficient (Wildman–Crippen LogP) is 5.56. The van der Waals surface area contributed by atoms with Gasteiger partial charge in [-0.25, -0.2) is 0 Å². The molecule has 1 aliphatic carbocycles. The number of rotatable bonds is 4. The number of fused-ring (bicyclic) bond motifs is 3. The highest BCUT2D eigenvalue weighted by Crippen LogP contribution is 2.47. The van der Waals surface area contributed by atoms with Crippen LogP contribution < -0.4 is 9.47 Å². The lowest BCUT2D eigenvalue weighted by Crippen LogP contribution is -2.41. The van der Waals surface area contributed by atoms with E-state index in [1.54, 1.807) is 0 Å². The molecule has 2 aromatic carbocycles. The highest BCUT2D eigenvalue weighted by Gasteiger charge is 2.42. The van der Waals surface area contributed by atoms with E-state index in [1.807, 2.05) is 24.3 Å². The van der Waals surface area contributed by atoms with Crippen molar-refractivity contribution in [3.8, 4) is 11.5 Å². The zero-order chi connectivity index (χ0) is 19.3. The molecule has 1 heterocycles. The lowest BCUT2D eigenvalue weighted by Gasteiger charge is -2.31. The molecule has 0 spiro atoms. The number of hydrogen-bond donors (Lipinski definition) is 0. The monoisotopic (exact) mass is 366 g/mol. The fraction of sp³-hybridized carbons (Fsp3) is 0.478. The third kappa shape index (κ3) is 3.22. The molecule has 2 aromatic rings. The fourth-order valence-corrected chi connectivity index (χ4v) is 4.34. The van der Waals surface area contributed by atoms with Gasteiger partial charge in [-0.3, -0.25) is 9.59 Å². The molecule has 0 amide bonds. The highest BCUT2D eigenvalue weighted by atomic mass is 16.7. The minimum absolute atomic E-state index is 0.0399. The number of ether oxygens (including phenoxy) is 2. The first-order chi connectivity index (χ1) is 12.8. The maximum Gasteiger partial charge on any atom is 0.252 e. The average Bonchev–Trinajstić information content (AvgIpc) is 2.89. The van der Waals surface area contributed by atoms with Gasteiger partial charge < -0.3 is 9.47 Å². The van der Waals surface area contributed by atoms with Crippen molar-refractivity contribution in [3.63, 3.8) is 0 Å². The van der Waals surface area contributed by atoms with Gasteiger partial charge in [-0.15, -0.1) is 0 Å². The van der Waals surface area contributed by atoms with Gasteiger partial charge in [0.05, 0.1) is 0 Å². The van der Waals surface area contributed by atoms with Crippen molar-refractivity contribution in [1.82, 2.24) is 0 Å². The predicted molar refractivity (Wildman–Crippen MR) is 105 cm³/mol. The van der Waals surface area contributed by atoms with Crippen molar-refractivity contribution in [2.24, 2.45) is 11.8 Å². The lowest BCUT2D eigenvalue weighted by atomic mass is 9.87. The van der Waals surface area contributed by atoms with Crippen LogP contribution in [0.3, 0.4) is 0 Å². The van der Waals surface area contributed by atoms with E-state index >= 15 is 0 Å². The Bertz CT molecular complexity index is 863. The third-order valence-electron chi connectivity index (χ3n) is 5.25. The van der Waals surface area contributed by atoms with Gasteiger partial charge in [0.1, 0.15) is 0 Å². The molecule has 0 saturated carbocycles. The SMILES string of the molecule is CC(C)CC1(CC(C)C)Oc2cc3cc4c(cc3cc2O1)C(=O)CCC4=O. The Morgan fingerprint density at radius 2 is 1.19 bits per heavy atom. The van der Waals surface area contributed by atoms with Crippen LogP contribution in [0.1, 0.15) is 74.1 Å². The van der Waals surface area contributed by atoms with Crippen LogP contribution in [0, 0.1) is 11.8 Å². The van der Waals surface area contributed by atoms with E-state index in [-0.39, 0.29) is 11.6 Å². The fourth-order valence-electron chi connectivity index (χ4n) is 4.34. The molecular formula is C23H26O4. The van der Waals surface area contributed by atoms with Crippen LogP contribution in [0.2, 0.25) is 0 Å². The van der Waals surface area contributed by atoms with Gasteiger partial charge in [-0.2, -0.15) is 0 Å². The van der Waals surface area contributed by atoms with Crippen LogP contribution in [0.4, 0.5) is 0 Å². The molecular weight excluding hydrogens is 340 g/mol. The van der Waals surface area contributed by atoms with E-state index in [1.165, 1.54) is 0 Å². The van der Waals surface area contributed by atoms with E-state index < -0.39 is 5.79 Å². The van der Waals surface area contributed by atoms with Gasteiger partial charge in [0.15, 0.2) is 23.1 Å². The molecule has 0 fully saturated rings. The molecule has 0 saturated heterocycles. The molecule has 0 radical (unpaired) electrons. The summed E-state index contributed by atoms with van der Waals surface area (Å²) < 4.78 is 12.7. The smallest absolute Gasteiger partial charge is 0.252 e. The maximum absolute atomic E-state index is 12.2. The van der Waals surface area contributed by atoms with Crippen LogP contribution in [-0.2, 0) is 0 Å². The summed E-state index contributed by atoms with van der Waals surface area (Å²) in [7, 11) is 0. The molecule has 0 aromatic heterocycles. The molecule has 0 N–H and O–H groups in total. The van der Waals surface area contributed by atoms with Crippen molar-refractivity contribution in [1.29, 1.82) is 0 Å². The summed E-state index contributed by atoms with van der Waals surface area (Å²) in [5.74, 6) is 1.76. The Morgan fingerprint density at radius 3 is 1.56 bits per heavy atom. The molecule has 4 heteroatoms. The summed E-state index contributed by atoms with van der Waals surface area (Å²) >= 11 is 0. The summed E-state index contributed by atoms with van der Waals surface area (Å²) in [6, 6.07) is 7.55. The highest BCUT2D eigenvalue weighted by molar-refractivity contribution is 6.16. The number of carbonyl (C=O) groups excluding carboxylic acids is 2. The minimum atomic E-state index is -0.646. The normalized spacial score (nSPS) is 17.9. The van der Waals surface area contributed by atoms with Crippen LogP contribution in [0.25, 0.3) is 10.8 Å². The van der Waals surface area contributed by atoms with E-state index in [4.69, 9.17) is 9.47 Å². The van der Waals surface area contributed by atoms with Crippen molar-refractivity contribution < 1.29 is 19.1 Å². The Balaban J connectivity index is 1.78. The maximum atomic E-state index is 12.2. The van der Waals surface area contributed by atoms with Crippen LogP contribution in [0.15, 0.2) is 24.3 Å². The second kappa shape index (κ2) is 6.36. The van der Waals surface area contributed by atoms with Gasteiger partial charge in [-0.05, 0) is 46.9 Å². The van der Waals surface area contributed by atoms with Gasteiger partial charge in [0.2, 0.25) is 0 Å². The van der Waals surface area contributed by atoms with Gasteiger partial charge in [0.25, 0.3) is 5.79 Å². The first-order valence-electron chi connectivity index (χ1n) is 9.82. The summed E-state index contributed by atoms with van der Waals surface area (Å²) in [4.78, 5) is 24.5. The zero-order valence-electron chi connectivity index (χ0n) is 16.4. The third-order valence-corrected chi connectivity index (χ3v) is 5.25. The Hall–Kier alpha value is -2.36. The van der Waals surface area contributed by atoms with Crippen molar-refractivity contribution in [2.45, 2.75) is 59.2 Å². The lowest BCUT2D eigenvalue weighted by molar-refractivity contribution is -0.108. The van der Waals surface area contributed by atoms with Crippen LogP contribution in [-0.4, -0.2) is 17.4 Å². The molecule has 0 unspecified atom stereocenters. The van der Waals surface area contributed by atoms with Crippen molar-refractivity contribution in [2.75, 3.05) is 0 Å². The second-order valence-corrected chi connectivity index (χ2v) is 8.70. The van der Waals surface area contributed by atoms with E-state index in [0.29, 0.717) is 35.8 Å². The van der Waals surface area contributed by atoms with Gasteiger partial charge in [0, 0.05) is 36.8 Å². The number of benzene rings is 2. The molecule has 0 atom stereocenters. The Labute approximate surface area is 159 Å². The minimum Gasteiger partial charge on any atom is -0.448 e. The largest absolute Gasteiger partial charge is 0.448 e. The Morgan fingerprint density at radius 1 is 0.778 bits per heavy atom. The van der Waals surface area contributed by atoms with Gasteiger partial charge >= 0.3 is 0 Å². The van der Waals surface area contributed by atoms with Crippen LogP contribution in [0.5, 0.6) is 11.5 Å². The molecule has 4 nitrogen and oxygen atoms in total. The zero-order valence-corrected chi connectivity index (χ0v) is 16.4. The van der Waals surface area contributed by atoms with Crippen molar-refractivity contribution >= 4 is 22.3 Å². The second-order valence-electron chi connectivity index (χ2n) is 8.70. The van der Waals surface area contributed by atoms with Crippen LogP contribution >= 0.6 is 0 Å². The number of ketones is 2. The van der Waals surface area contributed by atoms with Crippen molar-refractivity contribution in [3.05, 3.63) is 35.4 Å². The molecule has 4 rings (SSSR count). The Kier molecular flexibility index (Phi) is 4.25. The summed E-state index contributed by atoms with van der Waals surface area (Å²) in [5.41, 5.74) is 1.07. The van der Waals surface area contributed by atoms with E-state index in [0.717, 1.165) is 35.1 Å². The summed E-state index contributed by atoms with van der Waals surface area (Å²) in [5, 5.41) is 1.81. The summed E-state index contributed by atoms with van der Waals surface area (Å²) in [6.45, 7) is 8.66. The van der Waals surface area contributed by atoms with Gasteiger partial charge in [-0.1, -0.05) is 27.7 Å². The summed E-state index contributed by atoms with van der Waals surface area (Å²) in [6.07, 6.45) is 2.22. The standard InChI is InChI=1S/C23H26O4/c1-13(2)11-23(12-14(3)4)26-21-9-15-7-17-18(20(25)6-5-19(17)24)8-16(15)10-22(21)27-23/h7-10,13-14H,5-6,11-12H2,1-4H3. The number of Topliss-reactive ketones (excluding diaryl/α,β-unsaturated/α-hetero) is 2. The molecule has 0 bridgehead atoms. The average molecular weight is 366 g/mol. The topological polar surface area (TPSA) is 52.6 Å². The molecule has 1 aliphatic heterocycles. The molecule has 2 aliphatic rings. The first-order valence-corrected chi connectivity index (χ1v) is 9.82. The molecule has 27 heavy (non-hydrogen) atoms. The molecule has 142 valence electrons. The quantitative estimate of drug-likeness (QED) is 0.711. The van der Waals surface area contributed by atoms with E-state index in [9.17, 15) is 9.59 Å².